The number of furan rings is 1. The maximum atomic E-state index is 6.31. The number of rotatable bonds is 2. The van der Waals surface area contributed by atoms with Crippen LogP contribution in [0, 0.1) is 0 Å². The summed E-state index contributed by atoms with van der Waals surface area (Å²) in [5, 5.41) is 12.6. The van der Waals surface area contributed by atoms with Crippen molar-refractivity contribution < 1.29 is 4.42 Å². The smallest absolute Gasteiger partial charge is 0.136 e. The molecule has 0 spiro atoms. The Kier molecular flexibility index (Phi) is 4.39. The van der Waals surface area contributed by atoms with Gasteiger partial charge in [0.1, 0.15) is 11.2 Å². The third-order valence-electron chi connectivity index (χ3n) is 9.01. The van der Waals surface area contributed by atoms with Crippen LogP contribution in [-0.2, 0) is 0 Å². The predicted molar refractivity (Wildman–Crippen MR) is 181 cm³/mol. The second kappa shape index (κ2) is 8.19. The summed E-state index contributed by atoms with van der Waals surface area (Å²) in [5.41, 5.74) is 6.99. The van der Waals surface area contributed by atoms with Gasteiger partial charge in [0.05, 0.1) is 0 Å². The highest BCUT2D eigenvalue weighted by molar-refractivity contribution is 7.25. The first kappa shape index (κ1) is 22.5. The SMILES string of the molecule is c1cc2cc(-c3c4ccccc4c(-c4ccc5c(c4)sc4ccccc45)c4ccccc34)c3cccc4oc(c1)c2c43. The van der Waals surface area contributed by atoms with Crippen molar-refractivity contribution in [3.8, 4) is 22.3 Å². The lowest BCUT2D eigenvalue weighted by Crippen LogP contribution is -1.92. The Labute approximate surface area is 245 Å². The second-order valence-corrected chi connectivity index (χ2v) is 12.3. The Balaban J connectivity index is 1.35. The zero-order chi connectivity index (χ0) is 27.4. The molecule has 2 heterocycles. The van der Waals surface area contributed by atoms with Gasteiger partial charge in [-0.25, -0.2) is 0 Å². The summed E-state index contributed by atoms with van der Waals surface area (Å²) in [7, 11) is 0. The van der Waals surface area contributed by atoms with E-state index in [1.807, 2.05) is 11.3 Å². The van der Waals surface area contributed by atoms with Crippen molar-refractivity contribution in [2.24, 2.45) is 0 Å². The molecule has 0 amide bonds. The fraction of sp³-hybridized carbons (Fsp3) is 0. The first-order chi connectivity index (χ1) is 20.8. The minimum Gasteiger partial charge on any atom is -0.456 e. The van der Waals surface area contributed by atoms with Crippen LogP contribution in [0.3, 0.4) is 0 Å². The molecule has 0 aliphatic heterocycles. The van der Waals surface area contributed by atoms with E-state index < -0.39 is 0 Å². The molecule has 0 N–H and O–H groups in total. The molecule has 0 bridgehead atoms. The summed E-state index contributed by atoms with van der Waals surface area (Å²) in [5.74, 6) is 0. The van der Waals surface area contributed by atoms with Crippen LogP contribution in [0.25, 0.3) is 96.7 Å². The molecule has 10 aromatic rings. The van der Waals surface area contributed by atoms with Crippen LogP contribution in [0.4, 0.5) is 0 Å². The van der Waals surface area contributed by atoms with E-state index in [0.29, 0.717) is 0 Å². The van der Waals surface area contributed by atoms with Crippen LogP contribution in [0.15, 0.2) is 138 Å². The molecule has 0 fully saturated rings. The highest BCUT2D eigenvalue weighted by Gasteiger charge is 2.21. The third kappa shape index (κ3) is 2.92. The van der Waals surface area contributed by atoms with E-state index in [1.54, 1.807) is 0 Å². The molecule has 0 aliphatic rings. The van der Waals surface area contributed by atoms with Crippen molar-refractivity contribution in [3.05, 3.63) is 133 Å². The molecule has 0 saturated heterocycles. The number of thiophene rings is 1. The van der Waals surface area contributed by atoms with Crippen molar-refractivity contribution in [3.63, 3.8) is 0 Å². The van der Waals surface area contributed by atoms with Gasteiger partial charge in [-0.05, 0) is 84.9 Å². The third-order valence-corrected chi connectivity index (χ3v) is 10.1. The summed E-state index contributed by atoms with van der Waals surface area (Å²) in [6, 6.07) is 48.9. The summed E-state index contributed by atoms with van der Waals surface area (Å²) in [6.45, 7) is 0. The van der Waals surface area contributed by atoms with Crippen LogP contribution >= 0.6 is 11.3 Å². The normalized spacial score (nSPS) is 12.3. The van der Waals surface area contributed by atoms with Gasteiger partial charge in [-0.3, -0.25) is 0 Å². The van der Waals surface area contributed by atoms with E-state index >= 15 is 0 Å². The Morgan fingerprint density at radius 3 is 1.76 bits per heavy atom. The van der Waals surface area contributed by atoms with E-state index in [4.69, 9.17) is 4.42 Å². The summed E-state index contributed by atoms with van der Waals surface area (Å²) in [4.78, 5) is 0. The standard InChI is InChI=1S/C40H22OS/c1-3-13-29-27(11-1)37(24-19-20-26-25-10-5-6-18-35(25)42-36(26)22-24)28-12-2-4-14-30(28)39(29)32-21-23-9-7-16-33-38(23)40-31(32)15-8-17-34(40)41-33/h1-22H. The van der Waals surface area contributed by atoms with Gasteiger partial charge in [-0.15, -0.1) is 11.3 Å². The van der Waals surface area contributed by atoms with Gasteiger partial charge in [-0.1, -0.05) is 103 Å². The maximum absolute atomic E-state index is 6.31. The number of hydrogen-bond donors (Lipinski definition) is 0. The molecular weight excluding hydrogens is 529 g/mol. The molecule has 0 saturated carbocycles. The van der Waals surface area contributed by atoms with E-state index in [9.17, 15) is 0 Å². The fourth-order valence-electron chi connectivity index (χ4n) is 7.29. The number of hydrogen-bond acceptors (Lipinski definition) is 2. The molecule has 42 heavy (non-hydrogen) atoms. The molecule has 8 aromatic carbocycles. The molecule has 1 nitrogen and oxygen atoms in total. The lowest BCUT2D eigenvalue weighted by molar-refractivity contribution is 0.669. The lowest BCUT2D eigenvalue weighted by atomic mass is 9.84. The van der Waals surface area contributed by atoms with E-state index in [-0.39, 0.29) is 0 Å². The van der Waals surface area contributed by atoms with E-state index in [2.05, 4.69) is 133 Å². The highest BCUT2D eigenvalue weighted by Crippen LogP contribution is 2.49. The fourth-order valence-corrected chi connectivity index (χ4v) is 8.43. The maximum Gasteiger partial charge on any atom is 0.136 e. The van der Waals surface area contributed by atoms with Gasteiger partial charge in [0, 0.05) is 30.9 Å². The molecule has 10 rings (SSSR count). The van der Waals surface area contributed by atoms with Gasteiger partial charge < -0.3 is 4.42 Å². The van der Waals surface area contributed by atoms with Crippen LogP contribution in [0.5, 0.6) is 0 Å². The first-order valence-corrected chi connectivity index (χ1v) is 15.2. The first-order valence-electron chi connectivity index (χ1n) is 14.4. The molecule has 194 valence electrons. The van der Waals surface area contributed by atoms with Crippen molar-refractivity contribution in [2.75, 3.05) is 0 Å². The minimum atomic E-state index is 0.947. The van der Waals surface area contributed by atoms with Gasteiger partial charge in [0.2, 0.25) is 0 Å². The van der Waals surface area contributed by atoms with Gasteiger partial charge >= 0.3 is 0 Å². The highest BCUT2D eigenvalue weighted by atomic mass is 32.1. The molecule has 0 atom stereocenters. The molecule has 0 radical (unpaired) electrons. The monoisotopic (exact) mass is 550 g/mol. The minimum absolute atomic E-state index is 0.947. The summed E-state index contributed by atoms with van der Waals surface area (Å²) in [6.07, 6.45) is 0. The molecule has 0 aliphatic carbocycles. The average molecular weight is 551 g/mol. The Bertz CT molecular complexity index is 2630. The zero-order valence-corrected chi connectivity index (χ0v) is 23.3. The second-order valence-electron chi connectivity index (χ2n) is 11.2. The van der Waals surface area contributed by atoms with Crippen molar-refractivity contribution in [1.29, 1.82) is 0 Å². The number of benzene rings is 8. The Morgan fingerprint density at radius 2 is 1.00 bits per heavy atom. The molecule has 2 aromatic heterocycles. The number of fused-ring (bicyclic) bond motifs is 5. The molecular formula is C40H22OS. The quantitative estimate of drug-likeness (QED) is 0.154. The Hall–Kier alpha value is -5.18. The van der Waals surface area contributed by atoms with Gasteiger partial charge in [-0.2, -0.15) is 0 Å². The van der Waals surface area contributed by atoms with Crippen molar-refractivity contribution in [2.45, 2.75) is 0 Å². The van der Waals surface area contributed by atoms with Crippen molar-refractivity contribution >= 4 is 85.8 Å². The Morgan fingerprint density at radius 1 is 0.405 bits per heavy atom. The van der Waals surface area contributed by atoms with E-state index in [0.717, 1.165) is 11.2 Å². The lowest BCUT2D eigenvalue weighted by Gasteiger charge is -2.19. The summed E-state index contributed by atoms with van der Waals surface area (Å²) < 4.78 is 8.98. The average Bonchev–Trinajstić information content (AvgIpc) is 3.61. The summed E-state index contributed by atoms with van der Waals surface area (Å²) >= 11 is 1.88. The van der Waals surface area contributed by atoms with Crippen LogP contribution < -0.4 is 0 Å². The topological polar surface area (TPSA) is 13.1 Å². The van der Waals surface area contributed by atoms with Crippen molar-refractivity contribution in [1.82, 2.24) is 0 Å². The molecule has 0 unspecified atom stereocenters. The zero-order valence-electron chi connectivity index (χ0n) is 22.5. The predicted octanol–water partition coefficient (Wildman–Crippen LogP) is 12.2. The van der Waals surface area contributed by atoms with Gasteiger partial charge in [0.15, 0.2) is 0 Å². The van der Waals surface area contributed by atoms with E-state index in [1.165, 1.54) is 85.5 Å². The largest absolute Gasteiger partial charge is 0.456 e. The van der Waals surface area contributed by atoms with Crippen LogP contribution in [0.1, 0.15) is 0 Å². The van der Waals surface area contributed by atoms with Gasteiger partial charge in [0.25, 0.3) is 0 Å². The van der Waals surface area contributed by atoms with Crippen LogP contribution in [0.2, 0.25) is 0 Å². The molecule has 2 heteroatoms. The van der Waals surface area contributed by atoms with Crippen LogP contribution in [-0.4, -0.2) is 0 Å².